The van der Waals surface area contributed by atoms with Crippen LogP contribution in [0.15, 0.2) is 0 Å². The van der Waals surface area contributed by atoms with Crippen LogP contribution in [0.2, 0.25) is 0 Å². The molecule has 0 aromatic carbocycles. The van der Waals surface area contributed by atoms with Gasteiger partial charge in [-0.3, -0.25) is 0 Å². The molecule has 3 rings (SSSR count). The Labute approximate surface area is 128 Å². The summed E-state index contributed by atoms with van der Waals surface area (Å²) in [5, 5.41) is 0. The summed E-state index contributed by atoms with van der Waals surface area (Å²) in [4.78, 5) is 0. The van der Waals surface area contributed by atoms with E-state index in [0.29, 0.717) is 7.92 Å². The van der Waals surface area contributed by atoms with Gasteiger partial charge in [-0.2, -0.15) is 0 Å². The third-order valence-electron chi connectivity index (χ3n) is 6.52. The SMILES string of the molecule is CCC1CCCC1P(C1CCCCC1)C1CCCCC1. The third-order valence-corrected chi connectivity index (χ3v) is 10.7. The molecule has 0 saturated heterocycles. The van der Waals surface area contributed by atoms with Gasteiger partial charge in [0.25, 0.3) is 0 Å². The van der Waals surface area contributed by atoms with E-state index in [1.54, 1.807) is 70.6 Å². The minimum atomic E-state index is 0.357. The van der Waals surface area contributed by atoms with Crippen molar-refractivity contribution in [3.8, 4) is 0 Å². The maximum atomic E-state index is 2.47. The van der Waals surface area contributed by atoms with Crippen LogP contribution in [0.4, 0.5) is 0 Å². The Morgan fingerprint density at radius 2 is 1.20 bits per heavy atom. The lowest BCUT2D eigenvalue weighted by Crippen LogP contribution is -2.28. The lowest BCUT2D eigenvalue weighted by atomic mass is 9.99. The Kier molecular flexibility index (Phi) is 5.84. The molecule has 0 spiro atoms. The van der Waals surface area contributed by atoms with E-state index in [9.17, 15) is 0 Å². The largest absolute Gasteiger partial charge is 0.0969 e. The fraction of sp³-hybridized carbons (Fsp3) is 1.00. The summed E-state index contributed by atoms with van der Waals surface area (Å²) < 4.78 is 0. The van der Waals surface area contributed by atoms with Crippen LogP contribution >= 0.6 is 7.92 Å². The molecule has 3 aliphatic rings. The van der Waals surface area contributed by atoms with E-state index in [2.05, 4.69) is 6.92 Å². The van der Waals surface area contributed by atoms with Gasteiger partial charge in [-0.05, 0) is 61.4 Å². The molecule has 2 unspecified atom stereocenters. The average Bonchev–Trinajstić information content (AvgIpc) is 2.98. The molecule has 3 saturated carbocycles. The van der Waals surface area contributed by atoms with E-state index < -0.39 is 0 Å². The second-order valence-corrected chi connectivity index (χ2v) is 10.7. The third kappa shape index (κ3) is 3.43. The van der Waals surface area contributed by atoms with E-state index >= 15 is 0 Å². The Morgan fingerprint density at radius 1 is 0.650 bits per heavy atom. The second-order valence-electron chi connectivity index (χ2n) is 7.70. The van der Waals surface area contributed by atoms with Gasteiger partial charge in [0.15, 0.2) is 0 Å². The molecule has 0 aromatic heterocycles. The molecule has 2 atom stereocenters. The zero-order valence-corrected chi connectivity index (χ0v) is 14.6. The topological polar surface area (TPSA) is 0 Å². The molecular weight excluding hydrogens is 259 g/mol. The Hall–Kier alpha value is 0.430. The zero-order chi connectivity index (χ0) is 13.8. The van der Waals surface area contributed by atoms with Crippen molar-refractivity contribution in [3.05, 3.63) is 0 Å². The molecule has 0 heterocycles. The van der Waals surface area contributed by atoms with Crippen molar-refractivity contribution in [2.45, 2.75) is 114 Å². The summed E-state index contributed by atoms with van der Waals surface area (Å²) in [6.45, 7) is 2.47. The number of rotatable bonds is 4. The highest BCUT2D eigenvalue weighted by molar-refractivity contribution is 7.60. The van der Waals surface area contributed by atoms with Crippen LogP contribution < -0.4 is 0 Å². The summed E-state index contributed by atoms with van der Waals surface area (Å²) in [6, 6.07) is 0. The Bertz CT molecular complexity index is 257. The summed E-state index contributed by atoms with van der Waals surface area (Å²) >= 11 is 0. The van der Waals surface area contributed by atoms with Gasteiger partial charge in [-0.1, -0.05) is 66.2 Å². The van der Waals surface area contributed by atoms with Gasteiger partial charge < -0.3 is 0 Å². The van der Waals surface area contributed by atoms with Gasteiger partial charge in [0, 0.05) is 0 Å². The molecule has 0 N–H and O–H groups in total. The molecule has 0 amide bonds. The van der Waals surface area contributed by atoms with E-state index in [0.717, 1.165) is 5.92 Å². The molecule has 3 fully saturated rings. The number of hydrogen-bond donors (Lipinski definition) is 0. The molecule has 116 valence electrons. The normalized spacial score (nSPS) is 33.9. The van der Waals surface area contributed by atoms with E-state index in [1.807, 2.05) is 0 Å². The van der Waals surface area contributed by atoms with Crippen LogP contribution in [0, 0.1) is 5.92 Å². The lowest BCUT2D eigenvalue weighted by molar-refractivity contribution is 0.467. The highest BCUT2D eigenvalue weighted by Crippen LogP contribution is 2.63. The van der Waals surface area contributed by atoms with Gasteiger partial charge in [0.1, 0.15) is 0 Å². The van der Waals surface area contributed by atoms with Gasteiger partial charge in [-0.15, -0.1) is 0 Å². The molecule has 0 radical (unpaired) electrons. The van der Waals surface area contributed by atoms with E-state index in [1.165, 1.54) is 36.2 Å². The quantitative estimate of drug-likeness (QED) is 0.505. The van der Waals surface area contributed by atoms with Crippen molar-refractivity contribution in [2.75, 3.05) is 0 Å². The van der Waals surface area contributed by atoms with Crippen molar-refractivity contribution >= 4 is 7.92 Å². The molecular formula is C19H35P. The standard InChI is InChI=1S/C19H35P/c1-2-16-10-9-15-19(16)20(17-11-5-3-6-12-17)18-13-7-4-8-14-18/h16-19H,2-15H2,1H3. The van der Waals surface area contributed by atoms with Crippen LogP contribution in [0.25, 0.3) is 0 Å². The average molecular weight is 294 g/mol. The summed E-state index contributed by atoms with van der Waals surface area (Å²) in [6.07, 6.45) is 21.9. The lowest BCUT2D eigenvalue weighted by Gasteiger charge is -2.44. The summed E-state index contributed by atoms with van der Waals surface area (Å²) in [5.41, 5.74) is 3.54. The maximum absolute atomic E-state index is 2.47. The first-order valence-electron chi connectivity index (χ1n) is 9.67. The molecule has 0 bridgehead atoms. The van der Waals surface area contributed by atoms with Gasteiger partial charge in [0.05, 0.1) is 0 Å². The molecule has 0 aliphatic heterocycles. The fourth-order valence-corrected chi connectivity index (χ4v) is 10.4. The van der Waals surface area contributed by atoms with Crippen LogP contribution in [-0.2, 0) is 0 Å². The second kappa shape index (κ2) is 7.62. The fourth-order valence-electron chi connectivity index (χ4n) is 5.48. The van der Waals surface area contributed by atoms with Gasteiger partial charge in [0.2, 0.25) is 0 Å². The van der Waals surface area contributed by atoms with Crippen molar-refractivity contribution in [3.63, 3.8) is 0 Å². The molecule has 0 nitrogen and oxygen atoms in total. The number of hydrogen-bond acceptors (Lipinski definition) is 0. The van der Waals surface area contributed by atoms with Gasteiger partial charge in [-0.25, -0.2) is 0 Å². The highest BCUT2D eigenvalue weighted by Gasteiger charge is 2.40. The van der Waals surface area contributed by atoms with Crippen LogP contribution in [0.3, 0.4) is 0 Å². The highest BCUT2D eigenvalue weighted by atomic mass is 31.1. The minimum Gasteiger partial charge on any atom is -0.0969 e. The summed E-state index contributed by atoms with van der Waals surface area (Å²) in [7, 11) is 0.357. The van der Waals surface area contributed by atoms with Gasteiger partial charge >= 0.3 is 0 Å². The predicted octanol–water partition coefficient (Wildman–Crippen LogP) is 6.71. The van der Waals surface area contributed by atoms with E-state index in [4.69, 9.17) is 0 Å². The van der Waals surface area contributed by atoms with Crippen molar-refractivity contribution in [1.82, 2.24) is 0 Å². The first-order valence-corrected chi connectivity index (χ1v) is 11.2. The first-order chi connectivity index (χ1) is 9.90. The van der Waals surface area contributed by atoms with Crippen LogP contribution in [0.5, 0.6) is 0 Å². The summed E-state index contributed by atoms with van der Waals surface area (Å²) in [5.74, 6) is 1.12. The van der Waals surface area contributed by atoms with Crippen molar-refractivity contribution < 1.29 is 0 Å². The Morgan fingerprint density at radius 3 is 1.70 bits per heavy atom. The maximum Gasteiger partial charge on any atom is -0.0176 e. The first kappa shape index (κ1) is 15.3. The van der Waals surface area contributed by atoms with Crippen molar-refractivity contribution in [2.24, 2.45) is 5.92 Å². The molecule has 20 heavy (non-hydrogen) atoms. The van der Waals surface area contributed by atoms with Crippen LogP contribution in [-0.4, -0.2) is 17.0 Å². The molecule has 1 heteroatoms. The van der Waals surface area contributed by atoms with E-state index in [-0.39, 0.29) is 0 Å². The minimum absolute atomic E-state index is 0.357. The molecule has 0 aromatic rings. The van der Waals surface area contributed by atoms with Crippen LogP contribution in [0.1, 0.15) is 96.8 Å². The smallest absolute Gasteiger partial charge is 0.0176 e. The zero-order valence-electron chi connectivity index (χ0n) is 13.7. The van der Waals surface area contributed by atoms with Crippen molar-refractivity contribution in [1.29, 1.82) is 0 Å². The Balaban J connectivity index is 1.74. The molecule has 3 aliphatic carbocycles. The predicted molar refractivity (Wildman–Crippen MR) is 92.1 cm³/mol. The monoisotopic (exact) mass is 294 g/mol.